The van der Waals surface area contributed by atoms with Crippen LogP contribution in [0.15, 0.2) is 34.3 Å². The summed E-state index contributed by atoms with van der Waals surface area (Å²) in [5, 5.41) is 10.6. The lowest BCUT2D eigenvalue weighted by Crippen LogP contribution is -2.13. The van der Waals surface area contributed by atoms with Gasteiger partial charge in [0.2, 0.25) is 0 Å². The number of halogens is 2. The van der Waals surface area contributed by atoms with Gasteiger partial charge in [0.05, 0.1) is 17.4 Å². The van der Waals surface area contributed by atoms with Crippen molar-refractivity contribution in [3.63, 3.8) is 0 Å². The molecule has 0 saturated heterocycles. The van der Waals surface area contributed by atoms with Crippen LogP contribution in [0.3, 0.4) is 0 Å². The molecule has 0 atom stereocenters. The predicted molar refractivity (Wildman–Crippen MR) is 70.3 cm³/mol. The van der Waals surface area contributed by atoms with Crippen LogP contribution >= 0.6 is 23.2 Å². The molecule has 0 amide bonds. The predicted octanol–water partition coefficient (Wildman–Crippen LogP) is 1.92. The van der Waals surface area contributed by atoms with Crippen LogP contribution in [0.2, 0.25) is 10.0 Å². The van der Waals surface area contributed by atoms with Gasteiger partial charge in [-0.15, -0.1) is 0 Å². The summed E-state index contributed by atoms with van der Waals surface area (Å²) in [5.74, 6) is 0.236. The molecule has 0 aliphatic rings. The molecule has 18 heavy (non-hydrogen) atoms. The van der Waals surface area contributed by atoms with Crippen molar-refractivity contribution in [3.05, 3.63) is 50.5 Å². The van der Waals surface area contributed by atoms with Crippen LogP contribution in [0.1, 0.15) is 5.56 Å². The topological polar surface area (TPSA) is 83.0 Å². The number of hydrogen-bond donors (Lipinski definition) is 2. The van der Waals surface area contributed by atoms with E-state index in [4.69, 9.17) is 23.2 Å². The molecule has 2 rings (SSSR count). The summed E-state index contributed by atoms with van der Waals surface area (Å²) in [6.45, 7) is 0. The first-order valence-corrected chi connectivity index (χ1v) is 5.56. The van der Waals surface area contributed by atoms with Gasteiger partial charge in [0.25, 0.3) is 0 Å². The van der Waals surface area contributed by atoms with E-state index in [-0.39, 0.29) is 5.82 Å². The first kappa shape index (κ1) is 12.5. The highest BCUT2D eigenvalue weighted by Gasteiger charge is 1.98. The second-order valence-corrected chi connectivity index (χ2v) is 4.05. The Kier molecular flexibility index (Phi) is 3.91. The van der Waals surface area contributed by atoms with Crippen molar-refractivity contribution in [3.8, 4) is 0 Å². The normalized spacial score (nSPS) is 10.8. The summed E-state index contributed by atoms with van der Waals surface area (Å²) in [4.78, 5) is 14.4. The Hall–Kier alpha value is -1.92. The third kappa shape index (κ3) is 3.28. The summed E-state index contributed by atoms with van der Waals surface area (Å²) >= 11 is 11.7. The van der Waals surface area contributed by atoms with Gasteiger partial charge in [-0.1, -0.05) is 29.3 Å². The number of nitrogens with zero attached hydrogens (tertiary/aromatic N) is 3. The van der Waals surface area contributed by atoms with Crippen LogP contribution in [0.5, 0.6) is 0 Å². The van der Waals surface area contributed by atoms with Crippen molar-refractivity contribution >= 4 is 35.2 Å². The summed E-state index contributed by atoms with van der Waals surface area (Å²) in [6, 6.07) is 5.03. The first-order valence-electron chi connectivity index (χ1n) is 4.81. The van der Waals surface area contributed by atoms with Crippen LogP contribution in [0, 0.1) is 0 Å². The fraction of sp³-hybridized carbons (Fsp3) is 0. The molecule has 0 aliphatic heterocycles. The molecule has 0 unspecified atom stereocenters. The molecular formula is C10H7Cl2N5O. The largest absolute Gasteiger partial charge is 0.363 e. The molecular weight excluding hydrogens is 277 g/mol. The first-order chi connectivity index (χ1) is 8.65. The van der Waals surface area contributed by atoms with E-state index in [9.17, 15) is 4.79 Å². The number of benzene rings is 1. The van der Waals surface area contributed by atoms with Crippen molar-refractivity contribution in [2.75, 3.05) is 5.43 Å². The molecule has 2 N–H and O–H groups in total. The van der Waals surface area contributed by atoms with Crippen LogP contribution < -0.4 is 11.1 Å². The summed E-state index contributed by atoms with van der Waals surface area (Å²) in [7, 11) is 0. The van der Waals surface area contributed by atoms with Crippen LogP contribution in [0.25, 0.3) is 0 Å². The van der Waals surface area contributed by atoms with E-state index < -0.39 is 5.69 Å². The maximum absolute atomic E-state index is 10.9. The number of hydrazone groups is 1. The minimum atomic E-state index is -0.556. The summed E-state index contributed by atoms with van der Waals surface area (Å²) in [5.41, 5.74) is 2.69. The molecule has 1 aromatic carbocycles. The quantitative estimate of drug-likeness (QED) is 0.666. The van der Waals surface area contributed by atoms with Gasteiger partial charge in [-0.2, -0.15) is 15.2 Å². The highest BCUT2D eigenvalue weighted by Crippen LogP contribution is 2.19. The van der Waals surface area contributed by atoms with Crippen LogP contribution in [-0.2, 0) is 0 Å². The highest BCUT2D eigenvalue weighted by molar-refractivity contribution is 6.36. The second kappa shape index (κ2) is 5.61. The average molecular weight is 284 g/mol. The smallest absolute Gasteiger partial charge is 0.260 e. The number of aromatic nitrogens is 3. The highest BCUT2D eigenvalue weighted by atomic mass is 35.5. The zero-order chi connectivity index (χ0) is 13.0. The Balaban J connectivity index is 2.10. The molecule has 0 radical (unpaired) electrons. The number of nitrogens with one attached hydrogen (secondary N) is 2. The van der Waals surface area contributed by atoms with E-state index in [2.05, 4.69) is 25.7 Å². The molecule has 92 valence electrons. The molecule has 0 fully saturated rings. The molecule has 0 saturated carbocycles. The number of aromatic amines is 1. The molecule has 6 nitrogen and oxygen atoms in total. The summed E-state index contributed by atoms with van der Waals surface area (Å²) < 4.78 is 0. The standard InChI is InChI=1S/C10H7Cl2N5O/c11-7-2-1-6(8(12)3-7)4-13-16-9-5-14-17-10(18)15-9/h1-5H,(H2,15,16,17,18)/b13-4-. The van der Waals surface area contributed by atoms with Crippen molar-refractivity contribution in [1.29, 1.82) is 0 Å². The number of rotatable bonds is 3. The van der Waals surface area contributed by atoms with Gasteiger partial charge < -0.3 is 0 Å². The SMILES string of the molecule is O=c1nc(N/N=C\c2ccc(Cl)cc2Cl)cn[nH]1. The minimum Gasteiger partial charge on any atom is -0.260 e. The van der Waals surface area contributed by atoms with Crippen molar-refractivity contribution in [2.45, 2.75) is 0 Å². The number of hydrogen-bond acceptors (Lipinski definition) is 5. The molecule has 1 heterocycles. The van der Waals surface area contributed by atoms with Gasteiger partial charge in [-0.25, -0.2) is 9.89 Å². The lowest BCUT2D eigenvalue weighted by Gasteiger charge is -1.99. The molecule has 2 aromatic rings. The Morgan fingerprint density at radius 3 is 2.94 bits per heavy atom. The van der Waals surface area contributed by atoms with Crippen LogP contribution in [-0.4, -0.2) is 21.4 Å². The second-order valence-electron chi connectivity index (χ2n) is 3.21. The number of H-pyrrole nitrogens is 1. The van der Waals surface area contributed by atoms with Crippen molar-refractivity contribution in [2.24, 2.45) is 5.10 Å². The fourth-order valence-electron chi connectivity index (χ4n) is 1.14. The number of anilines is 1. The molecule has 8 heteroatoms. The van der Waals surface area contributed by atoms with E-state index >= 15 is 0 Å². The maximum atomic E-state index is 10.9. The van der Waals surface area contributed by atoms with Gasteiger partial charge in [-0.05, 0) is 12.1 Å². The average Bonchev–Trinajstić information content (AvgIpc) is 2.32. The Labute approximate surface area is 112 Å². The molecule has 0 aliphatic carbocycles. The zero-order valence-electron chi connectivity index (χ0n) is 8.89. The van der Waals surface area contributed by atoms with E-state index in [1.54, 1.807) is 18.2 Å². The van der Waals surface area contributed by atoms with Crippen molar-refractivity contribution in [1.82, 2.24) is 15.2 Å². The van der Waals surface area contributed by atoms with Crippen molar-refractivity contribution < 1.29 is 0 Å². The Morgan fingerprint density at radius 1 is 1.39 bits per heavy atom. The fourth-order valence-corrected chi connectivity index (χ4v) is 1.60. The van der Waals surface area contributed by atoms with E-state index in [1.807, 2.05) is 0 Å². The molecule has 0 bridgehead atoms. The van der Waals surface area contributed by atoms with Gasteiger partial charge in [0.15, 0.2) is 5.82 Å². The summed E-state index contributed by atoms with van der Waals surface area (Å²) in [6.07, 6.45) is 2.82. The molecule has 1 aromatic heterocycles. The maximum Gasteiger partial charge on any atom is 0.363 e. The lowest BCUT2D eigenvalue weighted by molar-refractivity contribution is 0.913. The minimum absolute atomic E-state index is 0.236. The Bertz CT molecular complexity index is 640. The van der Waals surface area contributed by atoms with Gasteiger partial charge in [0, 0.05) is 10.6 Å². The van der Waals surface area contributed by atoms with Crippen LogP contribution in [0.4, 0.5) is 5.82 Å². The van der Waals surface area contributed by atoms with Gasteiger partial charge in [0.1, 0.15) is 0 Å². The molecule has 0 spiro atoms. The van der Waals surface area contributed by atoms with E-state index in [1.165, 1.54) is 12.4 Å². The Morgan fingerprint density at radius 2 is 2.22 bits per heavy atom. The monoisotopic (exact) mass is 283 g/mol. The van der Waals surface area contributed by atoms with E-state index in [0.717, 1.165) is 0 Å². The van der Waals surface area contributed by atoms with Gasteiger partial charge >= 0.3 is 5.69 Å². The van der Waals surface area contributed by atoms with E-state index in [0.29, 0.717) is 15.6 Å². The third-order valence-electron chi connectivity index (χ3n) is 1.91. The van der Waals surface area contributed by atoms with Gasteiger partial charge in [-0.3, -0.25) is 5.43 Å². The third-order valence-corrected chi connectivity index (χ3v) is 2.48. The zero-order valence-corrected chi connectivity index (χ0v) is 10.4. The lowest BCUT2D eigenvalue weighted by atomic mass is 10.2.